The van der Waals surface area contributed by atoms with Gasteiger partial charge < -0.3 is 15.7 Å². The molecule has 3 N–H and O–H groups in total. The first-order valence-electron chi connectivity index (χ1n) is 8.19. The third kappa shape index (κ3) is 3.51. The summed E-state index contributed by atoms with van der Waals surface area (Å²) in [7, 11) is 0. The second-order valence-corrected chi connectivity index (χ2v) is 6.33. The van der Waals surface area contributed by atoms with Crippen LogP contribution in [0.25, 0.3) is 0 Å². The normalized spacial score (nSPS) is 19.5. The molecular weight excluding hydrogens is 342 g/mol. The Kier molecular flexibility index (Phi) is 4.88. The van der Waals surface area contributed by atoms with E-state index in [2.05, 4.69) is 10.6 Å². The van der Waals surface area contributed by atoms with Crippen molar-refractivity contribution in [1.82, 2.24) is 10.6 Å². The summed E-state index contributed by atoms with van der Waals surface area (Å²) < 4.78 is 27.0. The number of nitrogens with one attached hydrogen (secondary N) is 2. The van der Waals surface area contributed by atoms with E-state index in [9.17, 15) is 18.4 Å². The van der Waals surface area contributed by atoms with Crippen LogP contribution in [0.5, 0.6) is 0 Å². The third-order valence-electron chi connectivity index (χ3n) is 4.66. The molecular formula is C19H18F2N2O3. The third-order valence-corrected chi connectivity index (χ3v) is 4.66. The van der Waals surface area contributed by atoms with Gasteiger partial charge in [0.15, 0.2) is 0 Å². The summed E-state index contributed by atoms with van der Waals surface area (Å²) in [6.07, 6.45) is -0.727. The van der Waals surface area contributed by atoms with Crippen molar-refractivity contribution in [2.45, 2.75) is 31.3 Å². The minimum absolute atomic E-state index is 0.0853. The van der Waals surface area contributed by atoms with Crippen LogP contribution in [0.1, 0.15) is 35.6 Å². The average molecular weight is 360 g/mol. The number of halogens is 2. The highest BCUT2D eigenvalue weighted by Crippen LogP contribution is 2.32. The second kappa shape index (κ2) is 7.11. The molecule has 0 spiro atoms. The Bertz CT molecular complexity index is 856. The van der Waals surface area contributed by atoms with Crippen LogP contribution in [-0.2, 0) is 11.2 Å². The summed E-state index contributed by atoms with van der Waals surface area (Å²) in [5.41, 5.74) is 1.83. The molecule has 26 heavy (non-hydrogen) atoms. The molecule has 5 nitrogen and oxygen atoms in total. The van der Waals surface area contributed by atoms with Crippen LogP contribution in [0.2, 0.25) is 0 Å². The number of rotatable bonds is 4. The molecule has 1 unspecified atom stereocenters. The lowest BCUT2D eigenvalue weighted by molar-refractivity contribution is -0.123. The van der Waals surface area contributed by atoms with E-state index >= 15 is 0 Å². The van der Waals surface area contributed by atoms with Gasteiger partial charge >= 0.3 is 6.09 Å². The smallest absolute Gasteiger partial charge is 0.405 e. The maximum absolute atomic E-state index is 13.9. The van der Waals surface area contributed by atoms with Crippen LogP contribution < -0.4 is 10.6 Å². The maximum atomic E-state index is 13.9. The number of carboxylic acid groups (broad SMARTS) is 1. The van der Waals surface area contributed by atoms with Crippen molar-refractivity contribution < 1.29 is 23.5 Å². The topological polar surface area (TPSA) is 78.4 Å². The molecule has 2 amide bonds. The Morgan fingerprint density at radius 1 is 1.15 bits per heavy atom. The molecule has 0 fully saturated rings. The average Bonchev–Trinajstić information content (AvgIpc) is 2.91. The number of fused-ring (bicyclic) bond motifs is 1. The molecule has 3 rings (SSSR count). The minimum atomic E-state index is -1.19. The molecule has 1 aliphatic carbocycles. The van der Waals surface area contributed by atoms with Crippen molar-refractivity contribution in [1.29, 1.82) is 0 Å². The van der Waals surface area contributed by atoms with Gasteiger partial charge in [-0.25, -0.2) is 13.6 Å². The molecule has 1 aliphatic rings. The van der Waals surface area contributed by atoms with E-state index in [-0.39, 0.29) is 5.56 Å². The summed E-state index contributed by atoms with van der Waals surface area (Å²) >= 11 is 0. The number of hydrogen-bond donors (Lipinski definition) is 3. The van der Waals surface area contributed by atoms with Crippen LogP contribution in [0, 0.1) is 11.6 Å². The summed E-state index contributed by atoms with van der Waals surface area (Å²) in [6.45, 7) is 1.52. The molecule has 3 atom stereocenters. The summed E-state index contributed by atoms with van der Waals surface area (Å²) in [5, 5.41) is 14.3. The fraction of sp³-hybridized carbons (Fsp3) is 0.263. The summed E-state index contributed by atoms with van der Waals surface area (Å²) in [4.78, 5) is 23.7. The lowest BCUT2D eigenvalue weighted by Gasteiger charge is -2.23. The molecule has 2 aromatic rings. The fourth-order valence-corrected chi connectivity index (χ4v) is 3.34. The number of carbonyl (C=O) groups is 2. The Balaban J connectivity index is 1.78. The van der Waals surface area contributed by atoms with E-state index in [1.54, 1.807) is 6.07 Å². The van der Waals surface area contributed by atoms with E-state index in [0.717, 1.165) is 23.3 Å². The van der Waals surface area contributed by atoms with Crippen molar-refractivity contribution in [2.24, 2.45) is 0 Å². The molecule has 0 saturated heterocycles. The van der Waals surface area contributed by atoms with Crippen molar-refractivity contribution >= 4 is 12.0 Å². The van der Waals surface area contributed by atoms with Gasteiger partial charge in [-0.05, 0) is 30.5 Å². The van der Waals surface area contributed by atoms with Gasteiger partial charge in [-0.2, -0.15) is 0 Å². The zero-order valence-corrected chi connectivity index (χ0v) is 14.0. The Morgan fingerprint density at radius 2 is 1.88 bits per heavy atom. The largest absolute Gasteiger partial charge is 0.465 e. The lowest BCUT2D eigenvalue weighted by Crippen LogP contribution is -2.45. The summed E-state index contributed by atoms with van der Waals surface area (Å²) in [5.74, 6) is -2.80. The Labute approximate surface area is 149 Å². The van der Waals surface area contributed by atoms with Gasteiger partial charge in [0.05, 0.1) is 18.0 Å². The highest BCUT2D eigenvalue weighted by molar-refractivity contribution is 5.84. The first-order valence-corrected chi connectivity index (χ1v) is 8.19. The van der Waals surface area contributed by atoms with Crippen LogP contribution >= 0.6 is 0 Å². The second-order valence-electron chi connectivity index (χ2n) is 6.33. The van der Waals surface area contributed by atoms with E-state index in [0.29, 0.717) is 6.42 Å². The van der Waals surface area contributed by atoms with Gasteiger partial charge in [-0.1, -0.05) is 30.3 Å². The molecule has 0 saturated carbocycles. The first-order chi connectivity index (χ1) is 12.4. The summed E-state index contributed by atoms with van der Waals surface area (Å²) in [6, 6.07) is 9.34. The van der Waals surface area contributed by atoms with Gasteiger partial charge in [0.25, 0.3) is 0 Å². The molecule has 2 aromatic carbocycles. The van der Waals surface area contributed by atoms with Crippen molar-refractivity contribution in [2.75, 3.05) is 0 Å². The van der Waals surface area contributed by atoms with Gasteiger partial charge in [-0.3, -0.25) is 4.79 Å². The van der Waals surface area contributed by atoms with Crippen LogP contribution in [0.3, 0.4) is 0 Å². The minimum Gasteiger partial charge on any atom is -0.465 e. The zero-order valence-electron chi connectivity index (χ0n) is 14.0. The monoisotopic (exact) mass is 360 g/mol. The quantitative estimate of drug-likeness (QED) is 0.784. The molecule has 0 aliphatic heterocycles. The molecule has 0 bridgehead atoms. The molecule has 7 heteroatoms. The highest BCUT2D eigenvalue weighted by atomic mass is 19.1. The standard InChI is InChI=1S/C19H18F2N2O3/c1-10(13-7-6-12(20)9-15(13)21)18(24)22-16-8-11-4-2-3-5-14(11)17(16)23-19(25)26/h2-7,9-10,16-17,23H,8H2,1H3,(H,22,24)(H,25,26)/t10?,16-,17-/m1/s1. The first kappa shape index (κ1) is 17.8. The van der Waals surface area contributed by atoms with Gasteiger partial charge in [0.2, 0.25) is 5.91 Å². The Hall–Kier alpha value is -2.96. The molecule has 136 valence electrons. The van der Waals surface area contributed by atoms with E-state index in [1.807, 2.05) is 18.2 Å². The van der Waals surface area contributed by atoms with E-state index in [4.69, 9.17) is 5.11 Å². The fourth-order valence-electron chi connectivity index (χ4n) is 3.34. The van der Waals surface area contributed by atoms with Crippen LogP contribution in [0.15, 0.2) is 42.5 Å². The predicted octanol–water partition coefficient (Wildman–Crippen LogP) is 3.12. The van der Waals surface area contributed by atoms with Crippen LogP contribution in [-0.4, -0.2) is 23.1 Å². The zero-order chi connectivity index (χ0) is 18.8. The number of benzene rings is 2. The van der Waals surface area contributed by atoms with E-state index in [1.165, 1.54) is 13.0 Å². The molecule has 0 heterocycles. The number of amides is 2. The maximum Gasteiger partial charge on any atom is 0.405 e. The van der Waals surface area contributed by atoms with Crippen LogP contribution in [0.4, 0.5) is 13.6 Å². The van der Waals surface area contributed by atoms with E-state index < -0.39 is 41.6 Å². The van der Waals surface area contributed by atoms with Gasteiger partial charge in [0.1, 0.15) is 11.6 Å². The predicted molar refractivity (Wildman–Crippen MR) is 90.8 cm³/mol. The highest BCUT2D eigenvalue weighted by Gasteiger charge is 2.35. The Morgan fingerprint density at radius 3 is 2.58 bits per heavy atom. The van der Waals surface area contributed by atoms with Crippen molar-refractivity contribution in [3.63, 3.8) is 0 Å². The van der Waals surface area contributed by atoms with Crippen molar-refractivity contribution in [3.05, 3.63) is 70.8 Å². The number of hydrogen-bond acceptors (Lipinski definition) is 2. The number of carbonyl (C=O) groups excluding carboxylic acids is 1. The molecule has 0 aromatic heterocycles. The van der Waals surface area contributed by atoms with Gasteiger partial charge in [0, 0.05) is 11.6 Å². The molecule has 0 radical (unpaired) electrons. The van der Waals surface area contributed by atoms with Gasteiger partial charge in [-0.15, -0.1) is 0 Å². The van der Waals surface area contributed by atoms with Crippen molar-refractivity contribution in [3.8, 4) is 0 Å². The SMILES string of the molecule is CC(C(=O)N[C@@H]1Cc2ccccc2[C@H]1NC(=O)O)c1ccc(F)cc1F. The lowest BCUT2D eigenvalue weighted by atomic mass is 9.98.